The van der Waals surface area contributed by atoms with Crippen molar-refractivity contribution in [3.05, 3.63) is 96.2 Å². The number of rotatable bonds is 9. The Balaban J connectivity index is 1.36. The number of benzene rings is 3. The van der Waals surface area contributed by atoms with Gasteiger partial charge in [0, 0.05) is 29.2 Å². The lowest BCUT2D eigenvalue weighted by Gasteiger charge is -2.18. The maximum Gasteiger partial charge on any atom is 0.235 e. The van der Waals surface area contributed by atoms with Gasteiger partial charge < -0.3 is 21.1 Å². The molecular weight excluding hydrogens is 462 g/mol. The lowest BCUT2D eigenvalue weighted by atomic mass is 9.95. The first-order valence-corrected chi connectivity index (χ1v) is 12.5. The Morgan fingerprint density at radius 2 is 1.76 bits per heavy atom. The summed E-state index contributed by atoms with van der Waals surface area (Å²) in [5, 5.41) is 19.2. The van der Waals surface area contributed by atoms with Crippen LogP contribution in [0.4, 0.5) is 23.1 Å². The summed E-state index contributed by atoms with van der Waals surface area (Å²) in [5.74, 6) is 1.10. The molecule has 1 aromatic heterocycles. The van der Waals surface area contributed by atoms with E-state index >= 15 is 0 Å². The van der Waals surface area contributed by atoms with Gasteiger partial charge in [-0.15, -0.1) is 0 Å². The van der Waals surface area contributed by atoms with E-state index < -0.39 is 5.41 Å². The molecule has 1 aliphatic carbocycles. The lowest BCUT2D eigenvalue weighted by Crippen LogP contribution is -2.27. The first kappa shape index (κ1) is 24.5. The Hall–Kier alpha value is -4.23. The number of aliphatic hydroxyl groups is 1. The van der Waals surface area contributed by atoms with E-state index in [-0.39, 0.29) is 18.6 Å². The number of nitrogens with zero attached hydrogens (tertiary/aromatic N) is 2. The summed E-state index contributed by atoms with van der Waals surface area (Å²) >= 11 is 0. The molecule has 4 aromatic rings. The Bertz CT molecular complexity index is 1390. The molecule has 1 fully saturated rings. The van der Waals surface area contributed by atoms with Crippen LogP contribution in [0.2, 0.25) is 0 Å². The molecule has 1 atom stereocenters. The van der Waals surface area contributed by atoms with Gasteiger partial charge in [0.15, 0.2) is 0 Å². The van der Waals surface area contributed by atoms with Crippen LogP contribution in [0.25, 0.3) is 11.1 Å². The van der Waals surface area contributed by atoms with Crippen molar-refractivity contribution < 1.29 is 9.90 Å². The number of aromatic nitrogens is 2. The van der Waals surface area contributed by atoms with Crippen LogP contribution < -0.4 is 16.0 Å². The number of hydrogen-bond acceptors (Lipinski definition) is 6. The van der Waals surface area contributed by atoms with E-state index in [1.54, 1.807) is 6.20 Å². The zero-order chi connectivity index (χ0) is 25.8. The molecule has 5 rings (SSSR count). The highest BCUT2D eigenvalue weighted by Gasteiger charge is 2.51. The normalized spacial score (nSPS) is 14.5. The van der Waals surface area contributed by atoms with Gasteiger partial charge >= 0.3 is 0 Å². The Morgan fingerprint density at radius 1 is 1.00 bits per heavy atom. The van der Waals surface area contributed by atoms with Crippen LogP contribution in [0.1, 0.15) is 30.9 Å². The van der Waals surface area contributed by atoms with Crippen molar-refractivity contribution >= 4 is 29.0 Å². The molecule has 0 bridgehead atoms. The fourth-order valence-electron chi connectivity index (χ4n) is 4.41. The highest BCUT2D eigenvalue weighted by molar-refractivity contribution is 6.01. The molecular formula is C30H31N5O2. The van der Waals surface area contributed by atoms with Crippen LogP contribution in [0, 0.1) is 6.92 Å². The van der Waals surface area contributed by atoms with Crippen molar-refractivity contribution in [2.24, 2.45) is 0 Å². The van der Waals surface area contributed by atoms with E-state index in [0.29, 0.717) is 11.8 Å². The fourth-order valence-corrected chi connectivity index (χ4v) is 4.41. The number of amides is 1. The molecule has 1 saturated carbocycles. The molecule has 4 N–H and O–H groups in total. The minimum Gasteiger partial charge on any atom is -0.394 e. The first-order valence-electron chi connectivity index (χ1n) is 12.5. The molecule has 0 radical (unpaired) electrons. The van der Waals surface area contributed by atoms with Crippen LogP contribution in [0.5, 0.6) is 0 Å². The van der Waals surface area contributed by atoms with Crippen LogP contribution in [-0.2, 0) is 10.2 Å². The number of aliphatic hydroxyl groups excluding tert-OH is 1. The molecule has 0 spiro atoms. The van der Waals surface area contributed by atoms with Gasteiger partial charge in [-0.1, -0.05) is 54.6 Å². The largest absolute Gasteiger partial charge is 0.394 e. The Morgan fingerprint density at radius 3 is 2.43 bits per heavy atom. The highest BCUT2D eigenvalue weighted by Crippen LogP contribution is 2.49. The van der Waals surface area contributed by atoms with Crippen LogP contribution in [0.3, 0.4) is 0 Å². The second-order valence-electron chi connectivity index (χ2n) is 9.66. The third kappa shape index (κ3) is 5.47. The highest BCUT2D eigenvalue weighted by atomic mass is 16.3. The van der Waals surface area contributed by atoms with Crippen molar-refractivity contribution in [2.45, 2.75) is 38.1 Å². The summed E-state index contributed by atoms with van der Waals surface area (Å²) in [7, 11) is 0. The second-order valence-corrected chi connectivity index (χ2v) is 9.66. The molecule has 0 saturated heterocycles. The van der Waals surface area contributed by atoms with E-state index in [1.807, 2.05) is 92.7 Å². The van der Waals surface area contributed by atoms with Gasteiger partial charge in [-0.05, 0) is 67.6 Å². The number of nitrogens with one attached hydrogen (secondary N) is 3. The zero-order valence-corrected chi connectivity index (χ0v) is 21.0. The molecule has 7 nitrogen and oxygen atoms in total. The topological polar surface area (TPSA) is 99.2 Å². The van der Waals surface area contributed by atoms with Gasteiger partial charge in [0.2, 0.25) is 11.9 Å². The summed E-state index contributed by atoms with van der Waals surface area (Å²) in [6.45, 7) is 3.89. The molecule has 1 amide bonds. The van der Waals surface area contributed by atoms with E-state index in [4.69, 9.17) is 4.98 Å². The van der Waals surface area contributed by atoms with Gasteiger partial charge in [0.1, 0.15) is 5.82 Å². The minimum absolute atomic E-state index is 0.0282. The SMILES string of the molecule is Cc1cccc(Nc2ncc(-c3ccc(NC(=O)C4(c5ccccc5)CC4)cc3)c(N[C@H](C)CO)n2)c1. The molecule has 1 aliphatic rings. The number of carbonyl (C=O) groups excluding carboxylic acids is 1. The maximum absolute atomic E-state index is 13.1. The van der Waals surface area contributed by atoms with Crippen molar-refractivity contribution in [1.82, 2.24) is 9.97 Å². The van der Waals surface area contributed by atoms with Crippen molar-refractivity contribution in [1.29, 1.82) is 0 Å². The Kier molecular flexibility index (Phi) is 6.88. The number of carbonyl (C=O) groups is 1. The van der Waals surface area contributed by atoms with E-state index in [1.165, 1.54) is 0 Å². The zero-order valence-electron chi connectivity index (χ0n) is 21.0. The molecule has 1 heterocycles. The summed E-state index contributed by atoms with van der Waals surface area (Å²) in [6.07, 6.45) is 3.48. The molecule has 37 heavy (non-hydrogen) atoms. The average molecular weight is 494 g/mol. The first-order chi connectivity index (χ1) is 18.0. The smallest absolute Gasteiger partial charge is 0.235 e. The predicted molar refractivity (Wildman–Crippen MR) is 148 cm³/mol. The third-order valence-corrected chi connectivity index (χ3v) is 6.68. The van der Waals surface area contributed by atoms with Gasteiger partial charge in [-0.2, -0.15) is 4.98 Å². The van der Waals surface area contributed by atoms with Crippen molar-refractivity contribution in [3.63, 3.8) is 0 Å². The summed E-state index contributed by atoms with van der Waals surface area (Å²) in [5.41, 5.74) is 5.12. The molecule has 0 aliphatic heterocycles. The molecule has 188 valence electrons. The van der Waals surface area contributed by atoms with Gasteiger partial charge in [0.05, 0.1) is 12.0 Å². The quantitative estimate of drug-likeness (QED) is 0.240. The number of hydrogen-bond donors (Lipinski definition) is 4. The Labute approximate surface area is 217 Å². The maximum atomic E-state index is 13.1. The van der Waals surface area contributed by atoms with Gasteiger partial charge in [0.25, 0.3) is 0 Å². The van der Waals surface area contributed by atoms with Gasteiger partial charge in [-0.3, -0.25) is 4.79 Å². The minimum atomic E-state index is -0.425. The van der Waals surface area contributed by atoms with E-state index in [9.17, 15) is 9.90 Å². The van der Waals surface area contributed by atoms with Gasteiger partial charge in [-0.25, -0.2) is 4.98 Å². The number of anilines is 4. The molecule has 0 unspecified atom stereocenters. The predicted octanol–water partition coefficient (Wildman–Crippen LogP) is 5.66. The van der Waals surface area contributed by atoms with Crippen LogP contribution in [-0.4, -0.2) is 33.6 Å². The molecule has 7 heteroatoms. The summed E-state index contributed by atoms with van der Waals surface area (Å²) < 4.78 is 0. The van der Waals surface area contributed by atoms with Crippen LogP contribution >= 0.6 is 0 Å². The fraction of sp³-hybridized carbons (Fsp3) is 0.233. The summed E-state index contributed by atoms with van der Waals surface area (Å²) in [4.78, 5) is 22.3. The van der Waals surface area contributed by atoms with E-state index in [2.05, 4.69) is 20.9 Å². The molecule has 3 aromatic carbocycles. The average Bonchev–Trinajstić information content (AvgIpc) is 3.72. The van der Waals surface area contributed by atoms with Crippen molar-refractivity contribution in [2.75, 3.05) is 22.6 Å². The standard InChI is InChI=1S/C30H31N5O2/c1-20-7-6-10-25(17-20)34-29-31-18-26(27(35-29)32-21(2)19-36)22-11-13-24(14-12-22)33-28(37)30(15-16-30)23-8-4-3-5-9-23/h3-14,17-18,21,36H,15-16,19H2,1-2H3,(H,33,37)(H2,31,32,34,35)/t21-/m1/s1. The number of aryl methyl sites for hydroxylation is 1. The summed E-state index contributed by atoms with van der Waals surface area (Å²) in [6, 6.07) is 25.5. The third-order valence-electron chi connectivity index (χ3n) is 6.68. The van der Waals surface area contributed by atoms with Crippen LogP contribution in [0.15, 0.2) is 85.1 Å². The van der Waals surface area contributed by atoms with E-state index in [0.717, 1.165) is 46.5 Å². The monoisotopic (exact) mass is 493 g/mol. The lowest BCUT2D eigenvalue weighted by molar-refractivity contribution is -0.118. The van der Waals surface area contributed by atoms with Crippen molar-refractivity contribution in [3.8, 4) is 11.1 Å². The second kappa shape index (κ2) is 10.4.